The molecule has 1 aromatic heterocycles. The Hall–Kier alpha value is -2.26. The maximum absolute atomic E-state index is 12.9. The van der Waals surface area contributed by atoms with Crippen LogP contribution in [0.3, 0.4) is 0 Å². The van der Waals surface area contributed by atoms with E-state index in [0.717, 1.165) is 29.7 Å². The van der Waals surface area contributed by atoms with Gasteiger partial charge in [-0.2, -0.15) is 9.41 Å². The zero-order chi connectivity index (χ0) is 21.8. The molecule has 0 spiro atoms. The van der Waals surface area contributed by atoms with Crippen LogP contribution in [0.25, 0.3) is 11.3 Å². The normalized spacial score (nSPS) is 16.1. The van der Waals surface area contributed by atoms with E-state index in [9.17, 15) is 8.42 Å². The average molecular weight is 475 g/mol. The van der Waals surface area contributed by atoms with Crippen LogP contribution in [0, 0.1) is 5.92 Å². The van der Waals surface area contributed by atoms with Gasteiger partial charge < -0.3 is 0 Å². The van der Waals surface area contributed by atoms with E-state index in [2.05, 4.69) is 22.4 Å². The van der Waals surface area contributed by atoms with Gasteiger partial charge in [0.15, 0.2) is 0 Å². The van der Waals surface area contributed by atoms with Gasteiger partial charge in [-0.25, -0.2) is 13.4 Å². The third-order valence-electron chi connectivity index (χ3n) is 5.28. The second-order valence-electron chi connectivity index (χ2n) is 7.57. The van der Waals surface area contributed by atoms with E-state index in [0.29, 0.717) is 34.1 Å². The fourth-order valence-electron chi connectivity index (χ4n) is 3.34. The predicted molar refractivity (Wildman–Crippen MR) is 127 cm³/mol. The molecular formula is C22H23ClN4O2S2. The Balaban J connectivity index is 1.41. The smallest absolute Gasteiger partial charge is 0.243 e. The molecule has 6 nitrogen and oxygen atoms in total. The lowest BCUT2D eigenvalue weighted by atomic mass is 10.0. The summed E-state index contributed by atoms with van der Waals surface area (Å²) in [7, 11) is -3.44. The molecule has 1 N–H and O–H groups in total. The summed E-state index contributed by atoms with van der Waals surface area (Å²) >= 11 is 7.31. The van der Waals surface area contributed by atoms with Crippen molar-refractivity contribution in [2.24, 2.45) is 11.0 Å². The van der Waals surface area contributed by atoms with Crippen LogP contribution in [0.1, 0.15) is 25.3 Å². The van der Waals surface area contributed by atoms with Crippen LogP contribution in [-0.4, -0.2) is 37.0 Å². The van der Waals surface area contributed by atoms with Crippen molar-refractivity contribution in [3.8, 4) is 11.3 Å². The summed E-state index contributed by atoms with van der Waals surface area (Å²) in [6, 6.07) is 14.3. The molecule has 4 rings (SSSR count). The van der Waals surface area contributed by atoms with Gasteiger partial charge in [0.2, 0.25) is 15.2 Å². The summed E-state index contributed by atoms with van der Waals surface area (Å²) in [4.78, 5) is 4.85. The topological polar surface area (TPSA) is 74.7 Å². The van der Waals surface area contributed by atoms with Gasteiger partial charge in [-0.05, 0) is 48.6 Å². The van der Waals surface area contributed by atoms with Crippen molar-refractivity contribution in [2.45, 2.75) is 24.7 Å². The molecule has 2 heterocycles. The monoisotopic (exact) mass is 474 g/mol. The number of hydrazone groups is 1. The maximum atomic E-state index is 12.9. The van der Waals surface area contributed by atoms with E-state index in [1.54, 1.807) is 46.9 Å². The van der Waals surface area contributed by atoms with Gasteiger partial charge in [-0.1, -0.05) is 42.8 Å². The summed E-state index contributed by atoms with van der Waals surface area (Å²) < 4.78 is 27.3. The summed E-state index contributed by atoms with van der Waals surface area (Å²) in [6.45, 7) is 3.34. The van der Waals surface area contributed by atoms with Crippen LogP contribution in [-0.2, 0) is 10.0 Å². The minimum atomic E-state index is -3.44. The third kappa shape index (κ3) is 5.33. The highest BCUT2D eigenvalue weighted by Crippen LogP contribution is 2.28. The Bertz CT molecular complexity index is 1150. The lowest BCUT2D eigenvalue weighted by Gasteiger charge is -2.29. The molecule has 9 heteroatoms. The second-order valence-corrected chi connectivity index (χ2v) is 10.8. The molecule has 1 fully saturated rings. The molecule has 0 aliphatic carbocycles. The lowest BCUT2D eigenvalue weighted by Crippen LogP contribution is -2.37. The quantitative estimate of drug-likeness (QED) is 0.387. The first-order valence-electron chi connectivity index (χ1n) is 10.0. The van der Waals surface area contributed by atoms with Gasteiger partial charge in [-0.3, -0.25) is 5.43 Å². The Morgan fingerprint density at radius 1 is 1.13 bits per heavy atom. The fraction of sp³-hybridized carbons (Fsp3) is 0.273. The van der Waals surface area contributed by atoms with Crippen LogP contribution in [0.15, 0.2) is 63.9 Å². The number of anilines is 1. The van der Waals surface area contributed by atoms with E-state index in [1.165, 1.54) is 11.3 Å². The molecule has 162 valence electrons. The van der Waals surface area contributed by atoms with Gasteiger partial charge >= 0.3 is 0 Å². The molecule has 0 radical (unpaired) electrons. The van der Waals surface area contributed by atoms with E-state index in [-0.39, 0.29) is 0 Å². The first-order chi connectivity index (χ1) is 14.9. The highest BCUT2D eigenvalue weighted by Gasteiger charge is 2.27. The summed E-state index contributed by atoms with van der Waals surface area (Å²) in [6.07, 6.45) is 3.51. The number of nitrogens with zero attached hydrogens (tertiary/aromatic N) is 3. The van der Waals surface area contributed by atoms with Gasteiger partial charge in [0, 0.05) is 29.1 Å². The first-order valence-corrected chi connectivity index (χ1v) is 12.7. The van der Waals surface area contributed by atoms with Crippen LogP contribution in [0.2, 0.25) is 5.02 Å². The number of halogens is 1. The fourth-order valence-corrected chi connectivity index (χ4v) is 5.60. The van der Waals surface area contributed by atoms with E-state index in [4.69, 9.17) is 11.6 Å². The van der Waals surface area contributed by atoms with Crippen molar-refractivity contribution < 1.29 is 8.42 Å². The van der Waals surface area contributed by atoms with Gasteiger partial charge in [0.25, 0.3) is 0 Å². The summed E-state index contributed by atoms with van der Waals surface area (Å²) in [5.74, 6) is 0.580. The first kappa shape index (κ1) is 22.0. The number of hydrogen-bond donors (Lipinski definition) is 1. The second kappa shape index (κ2) is 9.48. The molecule has 1 saturated heterocycles. The Kier molecular flexibility index (Phi) is 6.71. The molecule has 0 unspecified atom stereocenters. The molecule has 31 heavy (non-hydrogen) atoms. The van der Waals surface area contributed by atoms with Crippen molar-refractivity contribution in [1.82, 2.24) is 9.29 Å². The van der Waals surface area contributed by atoms with Crippen molar-refractivity contribution in [3.05, 3.63) is 64.5 Å². The van der Waals surface area contributed by atoms with E-state index in [1.807, 2.05) is 17.5 Å². The molecular weight excluding hydrogens is 452 g/mol. The van der Waals surface area contributed by atoms with Crippen molar-refractivity contribution in [1.29, 1.82) is 0 Å². The maximum Gasteiger partial charge on any atom is 0.243 e. The highest BCUT2D eigenvalue weighted by atomic mass is 35.5. The number of sulfonamides is 1. The number of rotatable bonds is 6. The number of piperidine rings is 1. The average Bonchev–Trinajstić information content (AvgIpc) is 3.24. The molecule has 1 aliphatic rings. The van der Waals surface area contributed by atoms with Gasteiger partial charge in [0.05, 0.1) is 16.8 Å². The standard InChI is InChI=1S/C22H23ClN4O2S2/c1-16-10-12-27(13-11-16)31(28,29)20-8-4-18(5-9-20)21-15-30-22(25-21)26-24-14-17-2-6-19(23)7-3-17/h2-9,14-16H,10-13H2,1H3,(H,25,26). The minimum Gasteiger partial charge on any atom is -0.253 e. The van der Waals surface area contributed by atoms with Crippen molar-refractivity contribution >= 4 is 44.3 Å². The number of aromatic nitrogens is 1. The number of hydrogen-bond acceptors (Lipinski definition) is 6. The zero-order valence-corrected chi connectivity index (χ0v) is 19.4. The SMILES string of the molecule is CC1CCN(S(=O)(=O)c2ccc(-c3csc(NN=Cc4ccc(Cl)cc4)n3)cc2)CC1. The van der Waals surface area contributed by atoms with Crippen LogP contribution in [0.5, 0.6) is 0 Å². The van der Waals surface area contributed by atoms with Crippen molar-refractivity contribution in [2.75, 3.05) is 18.5 Å². The Morgan fingerprint density at radius 2 is 1.81 bits per heavy atom. The third-order valence-corrected chi connectivity index (χ3v) is 8.19. The molecule has 3 aromatic rings. The Labute approximate surface area is 191 Å². The minimum absolute atomic E-state index is 0.326. The number of nitrogens with one attached hydrogen (secondary N) is 1. The van der Waals surface area contributed by atoms with Crippen LogP contribution < -0.4 is 5.43 Å². The Morgan fingerprint density at radius 3 is 2.48 bits per heavy atom. The van der Waals surface area contributed by atoms with Gasteiger partial charge in [0.1, 0.15) is 0 Å². The summed E-state index contributed by atoms with van der Waals surface area (Å²) in [5, 5.41) is 7.44. The summed E-state index contributed by atoms with van der Waals surface area (Å²) in [5.41, 5.74) is 5.47. The highest BCUT2D eigenvalue weighted by molar-refractivity contribution is 7.89. The lowest BCUT2D eigenvalue weighted by molar-refractivity contribution is 0.288. The molecule has 2 aromatic carbocycles. The molecule has 0 amide bonds. The molecule has 0 saturated carbocycles. The molecule has 0 atom stereocenters. The van der Waals surface area contributed by atoms with Crippen LogP contribution >= 0.6 is 22.9 Å². The largest absolute Gasteiger partial charge is 0.253 e. The number of benzene rings is 2. The number of thiazole rings is 1. The zero-order valence-electron chi connectivity index (χ0n) is 17.0. The van der Waals surface area contributed by atoms with Gasteiger partial charge in [-0.15, -0.1) is 11.3 Å². The van der Waals surface area contributed by atoms with E-state index < -0.39 is 10.0 Å². The van der Waals surface area contributed by atoms with Crippen molar-refractivity contribution in [3.63, 3.8) is 0 Å². The van der Waals surface area contributed by atoms with Crippen LogP contribution in [0.4, 0.5) is 5.13 Å². The molecule has 0 bridgehead atoms. The molecule has 1 aliphatic heterocycles. The van der Waals surface area contributed by atoms with E-state index >= 15 is 0 Å². The predicted octanol–water partition coefficient (Wildman–Crippen LogP) is 5.33.